The van der Waals surface area contributed by atoms with Crippen molar-refractivity contribution in [1.82, 2.24) is 9.80 Å². The molecule has 0 radical (unpaired) electrons. The monoisotopic (exact) mass is 523 g/mol. The number of fused-ring (bicyclic) bond motifs is 1. The Kier molecular flexibility index (Phi) is 9.63. The third-order valence-corrected chi connectivity index (χ3v) is 7.90. The standard InChI is InChI=1S/C30H41N3O5/c1-3-4-14-32(15-7-13-31)28(34)20-33-19-24(21-10-11-27-23(17-21)12-16-38-27)29(30(35)36)25(33)18-22-8-5-6-9-26(22)37-2/h5-6,8-11,17,24-25,29H,3-4,7,12-16,18-20,31H2,1-2H3,(H,35,36). The molecule has 2 aliphatic rings. The van der Waals surface area contributed by atoms with Crippen LogP contribution in [0.25, 0.3) is 0 Å². The number of hydrogen-bond donors (Lipinski definition) is 2. The van der Waals surface area contributed by atoms with Gasteiger partial charge in [-0.3, -0.25) is 14.5 Å². The summed E-state index contributed by atoms with van der Waals surface area (Å²) in [6, 6.07) is 13.4. The van der Waals surface area contributed by atoms with E-state index in [0.717, 1.165) is 53.9 Å². The van der Waals surface area contributed by atoms with Crippen LogP contribution in [-0.2, 0) is 22.4 Å². The molecule has 1 amide bonds. The predicted molar refractivity (Wildman–Crippen MR) is 147 cm³/mol. The van der Waals surface area contributed by atoms with Crippen LogP contribution in [-0.4, -0.2) is 79.3 Å². The van der Waals surface area contributed by atoms with Gasteiger partial charge >= 0.3 is 5.97 Å². The minimum absolute atomic E-state index is 0.0315. The number of benzene rings is 2. The molecule has 0 saturated carbocycles. The molecule has 3 N–H and O–H groups in total. The maximum atomic E-state index is 13.6. The summed E-state index contributed by atoms with van der Waals surface area (Å²) in [5, 5.41) is 10.5. The van der Waals surface area contributed by atoms with E-state index in [1.165, 1.54) is 0 Å². The molecular formula is C30H41N3O5. The Balaban J connectivity index is 1.66. The number of aliphatic carboxylic acids is 1. The fraction of sp³-hybridized carbons (Fsp3) is 0.533. The molecule has 1 saturated heterocycles. The number of ether oxygens (including phenoxy) is 2. The molecule has 3 unspecified atom stereocenters. The van der Waals surface area contributed by atoms with Gasteiger partial charge in [0.05, 0.1) is 26.2 Å². The zero-order valence-corrected chi connectivity index (χ0v) is 22.6. The van der Waals surface area contributed by atoms with Crippen molar-refractivity contribution < 1.29 is 24.2 Å². The van der Waals surface area contributed by atoms with Crippen molar-refractivity contribution in [3.8, 4) is 11.5 Å². The first kappa shape index (κ1) is 27.9. The van der Waals surface area contributed by atoms with Crippen LogP contribution in [0, 0.1) is 5.92 Å². The van der Waals surface area contributed by atoms with E-state index in [1.807, 2.05) is 41.3 Å². The van der Waals surface area contributed by atoms with E-state index in [0.29, 0.717) is 39.2 Å². The fourth-order valence-corrected chi connectivity index (χ4v) is 5.88. The van der Waals surface area contributed by atoms with E-state index in [2.05, 4.69) is 17.9 Å². The van der Waals surface area contributed by atoms with Gasteiger partial charge < -0.3 is 25.2 Å². The lowest BCUT2D eigenvalue weighted by atomic mass is 9.82. The lowest BCUT2D eigenvalue weighted by molar-refractivity contribution is -0.143. The average molecular weight is 524 g/mol. The van der Waals surface area contributed by atoms with Crippen molar-refractivity contribution in [3.63, 3.8) is 0 Å². The third kappa shape index (κ3) is 6.30. The van der Waals surface area contributed by atoms with Crippen LogP contribution in [0.3, 0.4) is 0 Å². The molecule has 8 nitrogen and oxygen atoms in total. The number of likely N-dealkylation sites (tertiary alicyclic amines) is 1. The number of nitrogens with two attached hydrogens (primary N) is 1. The number of carbonyl (C=O) groups excluding carboxylic acids is 1. The molecule has 1 fully saturated rings. The second kappa shape index (κ2) is 13.1. The maximum absolute atomic E-state index is 13.6. The number of carboxylic acids is 1. The first-order chi connectivity index (χ1) is 18.5. The summed E-state index contributed by atoms with van der Waals surface area (Å²) in [6.45, 7) is 5.29. The number of nitrogens with zero attached hydrogens (tertiary/aromatic N) is 2. The van der Waals surface area contributed by atoms with Crippen LogP contribution >= 0.6 is 0 Å². The van der Waals surface area contributed by atoms with Crippen LogP contribution in [0.4, 0.5) is 0 Å². The SMILES string of the molecule is CCCCN(CCCN)C(=O)CN1CC(c2ccc3c(c2)CCO3)C(C(=O)O)C1Cc1ccccc1OC. The van der Waals surface area contributed by atoms with Crippen LogP contribution < -0.4 is 15.2 Å². The average Bonchev–Trinajstić information content (AvgIpc) is 3.53. The number of carbonyl (C=O) groups is 2. The number of hydrogen-bond acceptors (Lipinski definition) is 6. The summed E-state index contributed by atoms with van der Waals surface area (Å²) in [5.74, 6) is -0.104. The molecule has 0 aromatic heterocycles. The van der Waals surface area contributed by atoms with Crippen molar-refractivity contribution in [2.45, 2.75) is 51.0 Å². The number of unbranched alkanes of at least 4 members (excludes halogenated alkanes) is 1. The van der Waals surface area contributed by atoms with Crippen LogP contribution in [0.2, 0.25) is 0 Å². The van der Waals surface area contributed by atoms with Crippen LogP contribution in [0.15, 0.2) is 42.5 Å². The Bertz CT molecular complexity index is 1100. The zero-order chi connectivity index (χ0) is 27.1. The van der Waals surface area contributed by atoms with Crippen molar-refractivity contribution in [1.29, 1.82) is 0 Å². The second-order valence-corrected chi connectivity index (χ2v) is 10.3. The maximum Gasteiger partial charge on any atom is 0.308 e. The summed E-state index contributed by atoms with van der Waals surface area (Å²) < 4.78 is 11.3. The number of methoxy groups -OCH3 is 1. The van der Waals surface area contributed by atoms with Crippen molar-refractivity contribution in [2.75, 3.05) is 46.4 Å². The Morgan fingerprint density at radius 3 is 2.71 bits per heavy atom. The molecular weight excluding hydrogens is 482 g/mol. The Morgan fingerprint density at radius 2 is 1.97 bits per heavy atom. The summed E-state index contributed by atoms with van der Waals surface area (Å²) >= 11 is 0. The molecule has 206 valence electrons. The topological polar surface area (TPSA) is 105 Å². The smallest absolute Gasteiger partial charge is 0.308 e. The van der Waals surface area contributed by atoms with E-state index < -0.39 is 11.9 Å². The van der Waals surface area contributed by atoms with Crippen molar-refractivity contribution >= 4 is 11.9 Å². The molecule has 2 aromatic rings. The third-order valence-electron chi connectivity index (χ3n) is 7.90. The summed E-state index contributed by atoms with van der Waals surface area (Å²) in [7, 11) is 1.63. The molecule has 0 spiro atoms. The number of carboxylic acid groups (broad SMARTS) is 1. The quantitative estimate of drug-likeness (QED) is 0.415. The fourth-order valence-electron chi connectivity index (χ4n) is 5.88. The Labute approximate surface area is 225 Å². The minimum Gasteiger partial charge on any atom is -0.496 e. The molecule has 2 heterocycles. The highest BCUT2D eigenvalue weighted by molar-refractivity contribution is 5.79. The molecule has 0 aliphatic carbocycles. The highest BCUT2D eigenvalue weighted by atomic mass is 16.5. The number of para-hydroxylation sites is 1. The van der Waals surface area contributed by atoms with Gasteiger partial charge in [0.1, 0.15) is 11.5 Å². The van der Waals surface area contributed by atoms with Gasteiger partial charge in [-0.15, -0.1) is 0 Å². The van der Waals surface area contributed by atoms with Crippen molar-refractivity contribution in [2.24, 2.45) is 11.7 Å². The minimum atomic E-state index is -0.840. The van der Waals surface area contributed by atoms with Gasteiger partial charge in [0, 0.05) is 38.0 Å². The van der Waals surface area contributed by atoms with E-state index in [9.17, 15) is 14.7 Å². The van der Waals surface area contributed by atoms with Gasteiger partial charge in [0.15, 0.2) is 0 Å². The van der Waals surface area contributed by atoms with Gasteiger partial charge in [-0.05, 0) is 54.6 Å². The van der Waals surface area contributed by atoms with Crippen LogP contribution in [0.5, 0.6) is 11.5 Å². The normalized spacial score (nSPS) is 20.7. The van der Waals surface area contributed by atoms with Crippen LogP contribution in [0.1, 0.15) is 48.8 Å². The number of rotatable bonds is 13. The second-order valence-electron chi connectivity index (χ2n) is 10.3. The molecule has 4 rings (SSSR count). The zero-order valence-electron chi connectivity index (χ0n) is 22.6. The molecule has 0 bridgehead atoms. The molecule has 38 heavy (non-hydrogen) atoms. The van der Waals surface area contributed by atoms with E-state index in [-0.39, 0.29) is 24.4 Å². The summed E-state index contributed by atoms with van der Waals surface area (Å²) in [6.07, 6.45) is 3.98. The molecule has 8 heteroatoms. The predicted octanol–water partition coefficient (Wildman–Crippen LogP) is 3.32. The summed E-state index contributed by atoms with van der Waals surface area (Å²) in [4.78, 5) is 30.4. The first-order valence-electron chi connectivity index (χ1n) is 13.8. The Hall–Kier alpha value is -3.10. The van der Waals surface area contributed by atoms with E-state index >= 15 is 0 Å². The Morgan fingerprint density at radius 1 is 1.18 bits per heavy atom. The highest BCUT2D eigenvalue weighted by Crippen LogP contribution is 2.41. The summed E-state index contributed by atoms with van der Waals surface area (Å²) in [5.41, 5.74) is 8.80. The largest absolute Gasteiger partial charge is 0.496 e. The highest BCUT2D eigenvalue weighted by Gasteiger charge is 2.47. The lowest BCUT2D eigenvalue weighted by Gasteiger charge is -2.30. The van der Waals surface area contributed by atoms with Gasteiger partial charge in [-0.25, -0.2) is 0 Å². The van der Waals surface area contributed by atoms with E-state index in [4.69, 9.17) is 15.2 Å². The van der Waals surface area contributed by atoms with Gasteiger partial charge in [0.2, 0.25) is 5.91 Å². The number of amides is 1. The molecule has 3 atom stereocenters. The van der Waals surface area contributed by atoms with Gasteiger partial charge in [0.25, 0.3) is 0 Å². The molecule has 2 aliphatic heterocycles. The van der Waals surface area contributed by atoms with Crippen molar-refractivity contribution in [3.05, 3.63) is 59.2 Å². The first-order valence-corrected chi connectivity index (χ1v) is 13.8. The molecule has 2 aromatic carbocycles. The van der Waals surface area contributed by atoms with E-state index in [1.54, 1.807) is 7.11 Å². The van der Waals surface area contributed by atoms with Gasteiger partial charge in [-0.1, -0.05) is 43.7 Å². The lowest BCUT2D eigenvalue weighted by Crippen LogP contribution is -2.45. The van der Waals surface area contributed by atoms with Gasteiger partial charge in [-0.2, -0.15) is 0 Å².